The van der Waals surface area contributed by atoms with Crippen molar-refractivity contribution in [1.82, 2.24) is 9.97 Å². The summed E-state index contributed by atoms with van der Waals surface area (Å²) in [5.74, 6) is 1.10. The number of hydrogen-bond acceptors (Lipinski definition) is 5. The highest BCUT2D eigenvalue weighted by molar-refractivity contribution is 5.66. The number of nitrogens with zero attached hydrogens (tertiary/aromatic N) is 2. The maximum atomic E-state index is 5.90. The summed E-state index contributed by atoms with van der Waals surface area (Å²) < 4.78 is 5.48. The normalized spacial score (nSPS) is 10.5. The summed E-state index contributed by atoms with van der Waals surface area (Å²) in [6.45, 7) is 6.87. The summed E-state index contributed by atoms with van der Waals surface area (Å²) in [6, 6.07) is 0. The molecule has 0 atom stereocenters. The molecule has 5 nitrogen and oxygen atoms in total. The fourth-order valence-electron chi connectivity index (χ4n) is 1.22. The third-order valence-electron chi connectivity index (χ3n) is 2.02. The number of anilines is 2. The molecule has 0 amide bonds. The highest BCUT2D eigenvalue weighted by Crippen LogP contribution is 2.25. The van der Waals surface area contributed by atoms with Crippen LogP contribution in [0, 0.1) is 0 Å². The van der Waals surface area contributed by atoms with E-state index in [9.17, 15) is 0 Å². The van der Waals surface area contributed by atoms with E-state index in [2.05, 4.69) is 22.2 Å². The van der Waals surface area contributed by atoms with E-state index in [1.807, 2.05) is 13.8 Å². The first kappa shape index (κ1) is 12.5. The molecule has 0 fully saturated rings. The van der Waals surface area contributed by atoms with E-state index in [4.69, 9.17) is 10.5 Å². The van der Waals surface area contributed by atoms with Crippen molar-refractivity contribution in [2.45, 2.75) is 39.7 Å². The van der Waals surface area contributed by atoms with Gasteiger partial charge in [0.25, 0.3) is 0 Å². The number of nitrogens with two attached hydrogens (primary N) is 1. The SMILES string of the molecule is CCCCNc1ncnc(OC(C)C)c1N. The van der Waals surface area contributed by atoms with E-state index in [0.717, 1.165) is 19.4 Å². The van der Waals surface area contributed by atoms with Gasteiger partial charge in [0.05, 0.1) is 6.10 Å². The van der Waals surface area contributed by atoms with Crippen LogP contribution in [0.15, 0.2) is 6.33 Å². The van der Waals surface area contributed by atoms with Crippen LogP contribution < -0.4 is 15.8 Å². The quantitative estimate of drug-likeness (QED) is 0.723. The van der Waals surface area contributed by atoms with Gasteiger partial charge in [0.1, 0.15) is 12.0 Å². The van der Waals surface area contributed by atoms with E-state index in [-0.39, 0.29) is 6.10 Å². The van der Waals surface area contributed by atoms with Crippen molar-refractivity contribution in [1.29, 1.82) is 0 Å². The topological polar surface area (TPSA) is 73.1 Å². The second-order valence-electron chi connectivity index (χ2n) is 3.89. The predicted molar refractivity (Wildman–Crippen MR) is 65.6 cm³/mol. The van der Waals surface area contributed by atoms with Gasteiger partial charge in [-0.2, -0.15) is 4.98 Å². The second kappa shape index (κ2) is 6.15. The van der Waals surface area contributed by atoms with Crippen LogP contribution in [0.25, 0.3) is 0 Å². The Kier molecular flexibility index (Phi) is 4.82. The average Bonchev–Trinajstić information content (AvgIpc) is 2.23. The van der Waals surface area contributed by atoms with Crippen LogP contribution in [-0.2, 0) is 0 Å². The van der Waals surface area contributed by atoms with Gasteiger partial charge in [-0.05, 0) is 20.3 Å². The van der Waals surface area contributed by atoms with Crippen LogP contribution in [0.1, 0.15) is 33.6 Å². The molecule has 0 saturated heterocycles. The summed E-state index contributed by atoms with van der Waals surface area (Å²) >= 11 is 0. The maximum Gasteiger partial charge on any atom is 0.242 e. The third-order valence-corrected chi connectivity index (χ3v) is 2.02. The van der Waals surface area contributed by atoms with Crippen molar-refractivity contribution in [2.75, 3.05) is 17.6 Å². The summed E-state index contributed by atoms with van der Waals surface area (Å²) in [6.07, 6.45) is 3.74. The molecule has 5 heteroatoms. The van der Waals surface area contributed by atoms with E-state index in [0.29, 0.717) is 17.4 Å². The molecule has 0 aliphatic carbocycles. The first-order chi connectivity index (χ1) is 7.65. The Bertz CT molecular complexity index is 328. The van der Waals surface area contributed by atoms with Crippen LogP contribution in [0.2, 0.25) is 0 Å². The van der Waals surface area contributed by atoms with Crippen LogP contribution in [0.4, 0.5) is 11.5 Å². The van der Waals surface area contributed by atoms with Crippen LogP contribution >= 0.6 is 0 Å². The summed E-state index contributed by atoms with van der Waals surface area (Å²) in [5.41, 5.74) is 6.38. The number of unbranched alkanes of at least 4 members (excludes halogenated alkanes) is 1. The Morgan fingerprint density at radius 3 is 2.81 bits per heavy atom. The van der Waals surface area contributed by atoms with Crippen molar-refractivity contribution in [3.63, 3.8) is 0 Å². The first-order valence-corrected chi connectivity index (χ1v) is 5.66. The molecular weight excluding hydrogens is 204 g/mol. The molecule has 1 rings (SSSR count). The zero-order chi connectivity index (χ0) is 12.0. The lowest BCUT2D eigenvalue weighted by molar-refractivity contribution is 0.234. The molecule has 16 heavy (non-hydrogen) atoms. The lowest BCUT2D eigenvalue weighted by atomic mass is 10.3. The fourth-order valence-corrected chi connectivity index (χ4v) is 1.22. The van der Waals surface area contributed by atoms with Crippen molar-refractivity contribution >= 4 is 11.5 Å². The zero-order valence-corrected chi connectivity index (χ0v) is 10.2. The number of ether oxygens (including phenoxy) is 1. The molecule has 1 aromatic heterocycles. The van der Waals surface area contributed by atoms with Gasteiger partial charge in [-0.3, -0.25) is 0 Å². The number of nitrogen functional groups attached to an aromatic ring is 1. The smallest absolute Gasteiger partial charge is 0.242 e. The molecule has 0 radical (unpaired) electrons. The van der Waals surface area contributed by atoms with Crippen molar-refractivity contribution < 1.29 is 4.74 Å². The standard InChI is InChI=1S/C11H20N4O/c1-4-5-6-13-10-9(12)11(15-7-14-10)16-8(2)3/h7-8H,4-6,12H2,1-3H3,(H,13,14,15). The molecule has 0 aliphatic heterocycles. The summed E-state index contributed by atoms with van der Waals surface area (Å²) in [4.78, 5) is 8.10. The lowest BCUT2D eigenvalue weighted by Gasteiger charge is -2.13. The molecule has 1 heterocycles. The van der Waals surface area contributed by atoms with E-state index in [1.54, 1.807) is 0 Å². The van der Waals surface area contributed by atoms with Gasteiger partial charge in [-0.25, -0.2) is 4.98 Å². The summed E-state index contributed by atoms with van der Waals surface area (Å²) in [7, 11) is 0. The van der Waals surface area contributed by atoms with Gasteiger partial charge in [0.15, 0.2) is 5.82 Å². The van der Waals surface area contributed by atoms with Crippen LogP contribution in [-0.4, -0.2) is 22.6 Å². The molecule has 0 unspecified atom stereocenters. The summed E-state index contributed by atoms with van der Waals surface area (Å²) in [5, 5.41) is 3.17. The fraction of sp³-hybridized carbons (Fsp3) is 0.636. The van der Waals surface area contributed by atoms with E-state index >= 15 is 0 Å². The van der Waals surface area contributed by atoms with E-state index in [1.165, 1.54) is 6.33 Å². The Labute approximate surface area is 96.4 Å². The lowest BCUT2D eigenvalue weighted by Crippen LogP contribution is -2.12. The number of rotatable bonds is 6. The second-order valence-corrected chi connectivity index (χ2v) is 3.89. The van der Waals surface area contributed by atoms with Crippen LogP contribution in [0.3, 0.4) is 0 Å². The van der Waals surface area contributed by atoms with Crippen LogP contribution in [0.5, 0.6) is 5.88 Å². The van der Waals surface area contributed by atoms with Gasteiger partial charge in [0, 0.05) is 6.54 Å². The maximum absolute atomic E-state index is 5.90. The van der Waals surface area contributed by atoms with Gasteiger partial charge >= 0.3 is 0 Å². The Morgan fingerprint density at radius 1 is 1.44 bits per heavy atom. The molecule has 0 aliphatic rings. The minimum atomic E-state index is 0.0562. The average molecular weight is 224 g/mol. The largest absolute Gasteiger partial charge is 0.473 e. The zero-order valence-electron chi connectivity index (χ0n) is 10.2. The molecule has 3 N–H and O–H groups in total. The molecule has 0 saturated carbocycles. The number of aromatic nitrogens is 2. The number of hydrogen-bond donors (Lipinski definition) is 2. The Morgan fingerprint density at radius 2 is 2.19 bits per heavy atom. The molecular formula is C11H20N4O. The molecule has 0 aromatic carbocycles. The van der Waals surface area contributed by atoms with Gasteiger partial charge in [-0.1, -0.05) is 13.3 Å². The minimum absolute atomic E-state index is 0.0562. The first-order valence-electron chi connectivity index (χ1n) is 5.66. The Balaban J connectivity index is 2.70. The van der Waals surface area contributed by atoms with Gasteiger partial charge in [-0.15, -0.1) is 0 Å². The highest BCUT2D eigenvalue weighted by atomic mass is 16.5. The Hall–Kier alpha value is -1.52. The van der Waals surface area contributed by atoms with Gasteiger partial charge in [0.2, 0.25) is 5.88 Å². The monoisotopic (exact) mass is 224 g/mol. The number of nitrogens with one attached hydrogen (secondary N) is 1. The van der Waals surface area contributed by atoms with Crippen molar-refractivity contribution in [2.24, 2.45) is 0 Å². The molecule has 1 aromatic rings. The molecule has 0 spiro atoms. The predicted octanol–water partition coefficient (Wildman–Crippen LogP) is 2.06. The van der Waals surface area contributed by atoms with Crippen molar-refractivity contribution in [3.05, 3.63) is 6.33 Å². The van der Waals surface area contributed by atoms with Crippen molar-refractivity contribution in [3.8, 4) is 5.88 Å². The molecule has 90 valence electrons. The molecule has 0 bridgehead atoms. The minimum Gasteiger partial charge on any atom is -0.473 e. The van der Waals surface area contributed by atoms with Gasteiger partial charge < -0.3 is 15.8 Å². The van der Waals surface area contributed by atoms with E-state index < -0.39 is 0 Å². The third kappa shape index (κ3) is 3.56. The highest BCUT2D eigenvalue weighted by Gasteiger charge is 2.09.